The highest BCUT2D eigenvalue weighted by Gasteiger charge is 1.92. The van der Waals surface area contributed by atoms with Crippen molar-refractivity contribution in [2.45, 2.75) is 19.8 Å². The molecular weight excluding hydrogens is 191 g/mol. The molecule has 0 aliphatic heterocycles. The fourth-order valence-electron chi connectivity index (χ4n) is 0.576. The number of rotatable bonds is 9. The first-order chi connectivity index (χ1) is 6.31. The number of ether oxygens (including phenoxy) is 1. The summed E-state index contributed by atoms with van der Waals surface area (Å²) in [6, 6.07) is 0. The number of hydrogen-bond acceptors (Lipinski definition) is 4. The van der Waals surface area contributed by atoms with Gasteiger partial charge in [-0.05, 0) is 12.8 Å². The Morgan fingerprint density at radius 2 is 2.23 bits per heavy atom. The summed E-state index contributed by atoms with van der Waals surface area (Å²) in [7, 11) is 1.30. The van der Waals surface area contributed by atoms with Crippen molar-refractivity contribution in [1.82, 2.24) is 0 Å². The van der Waals surface area contributed by atoms with E-state index in [2.05, 4.69) is 23.1 Å². The SMILES string of the molecule is C=C(CC)CCOCOPOOC. The van der Waals surface area contributed by atoms with Crippen LogP contribution in [0.2, 0.25) is 0 Å². The minimum atomic E-state index is -0.131. The van der Waals surface area contributed by atoms with Gasteiger partial charge in [0.05, 0.1) is 13.7 Å². The van der Waals surface area contributed by atoms with Crippen molar-refractivity contribution in [3.63, 3.8) is 0 Å². The van der Waals surface area contributed by atoms with Gasteiger partial charge in [-0.15, -0.1) is 0 Å². The fourth-order valence-corrected chi connectivity index (χ4v) is 0.824. The van der Waals surface area contributed by atoms with Gasteiger partial charge >= 0.3 is 0 Å². The van der Waals surface area contributed by atoms with E-state index in [-0.39, 0.29) is 15.8 Å². The fraction of sp³-hybridized carbons (Fsp3) is 0.750. The third-order valence-corrected chi connectivity index (χ3v) is 1.89. The Hall–Kier alpha value is 0.0100. The van der Waals surface area contributed by atoms with Crippen LogP contribution in [-0.2, 0) is 18.8 Å². The monoisotopic (exact) mass is 208 g/mol. The molecule has 0 aromatic rings. The zero-order valence-corrected chi connectivity index (χ0v) is 9.17. The first-order valence-corrected chi connectivity index (χ1v) is 4.93. The average Bonchev–Trinajstić information content (AvgIpc) is 2.16. The van der Waals surface area contributed by atoms with E-state index in [0.717, 1.165) is 12.8 Å². The molecule has 0 heterocycles. The first kappa shape index (κ1) is 13.0. The molecule has 0 aromatic heterocycles. The lowest BCUT2D eigenvalue weighted by Crippen LogP contribution is -1.98. The van der Waals surface area contributed by atoms with E-state index in [0.29, 0.717) is 6.61 Å². The summed E-state index contributed by atoms with van der Waals surface area (Å²) in [6.07, 6.45) is 1.88. The van der Waals surface area contributed by atoms with E-state index in [9.17, 15) is 0 Å². The normalized spacial score (nSPS) is 11.2. The molecular formula is C8H17O4P. The van der Waals surface area contributed by atoms with Gasteiger partial charge in [0.15, 0.2) is 15.8 Å². The van der Waals surface area contributed by atoms with Crippen molar-refractivity contribution in [2.24, 2.45) is 0 Å². The highest BCUT2D eigenvalue weighted by atomic mass is 31.1. The lowest BCUT2D eigenvalue weighted by atomic mass is 10.2. The largest absolute Gasteiger partial charge is 0.355 e. The molecule has 0 N–H and O–H groups in total. The molecule has 13 heavy (non-hydrogen) atoms. The second-order valence-electron chi connectivity index (χ2n) is 2.36. The molecule has 1 atom stereocenters. The summed E-state index contributed by atoms with van der Waals surface area (Å²) in [5.74, 6) is 0. The van der Waals surface area contributed by atoms with Crippen LogP contribution in [0, 0.1) is 0 Å². The molecule has 0 saturated heterocycles. The van der Waals surface area contributed by atoms with E-state index in [4.69, 9.17) is 9.26 Å². The minimum Gasteiger partial charge on any atom is -0.355 e. The Labute approximate surface area is 81.1 Å². The van der Waals surface area contributed by atoms with Crippen molar-refractivity contribution >= 4 is 9.03 Å². The van der Waals surface area contributed by atoms with Crippen LogP contribution in [0.3, 0.4) is 0 Å². The molecule has 0 saturated carbocycles. The smallest absolute Gasteiger partial charge is 0.196 e. The zero-order valence-electron chi connectivity index (χ0n) is 8.17. The molecule has 0 bridgehead atoms. The van der Waals surface area contributed by atoms with Crippen LogP contribution in [0.5, 0.6) is 0 Å². The third-order valence-electron chi connectivity index (χ3n) is 1.42. The average molecular weight is 208 g/mol. The topological polar surface area (TPSA) is 36.9 Å². The minimum absolute atomic E-state index is 0.131. The summed E-state index contributed by atoms with van der Waals surface area (Å²) >= 11 is 0. The van der Waals surface area contributed by atoms with Gasteiger partial charge in [-0.25, -0.2) is 4.89 Å². The second-order valence-corrected chi connectivity index (χ2v) is 2.98. The standard InChI is InChI=1S/C8H17O4P/c1-4-8(2)5-6-10-7-11-13-12-9-3/h13H,2,4-7H2,1,3H3. The van der Waals surface area contributed by atoms with Gasteiger partial charge in [0.25, 0.3) is 0 Å². The van der Waals surface area contributed by atoms with Gasteiger partial charge in [-0.2, -0.15) is 4.67 Å². The van der Waals surface area contributed by atoms with Gasteiger partial charge in [0.1, 0.15) is 0 Å². The summed E-state index contributed by atoms with van der Waals surface area (Å²) in [5.41, 5.74) is 1.19. The lowest BCUT2D eigenvalue weighted by molar-refractivity contribution is -0.177. The van der Waals surface area contributed by atoms with E-state index in [1.165, 1.54) is 12.7 Å². The van der Waals surface area contributed by atoms with Crippen molar-refractivity contribution in [1.29, 1.82) is 0 Å². The highest BCUT2D eigenvalue weighted by molar-refractivity contribution is 7.26. The molecule has 0 aromatic carbocycles. The van der Waals surface area contributed by atoms with Gasteiger partial charge in [-0.1, -0.05) is 19.1 Å². The van der Waals surface area contributed by atoms with Crippen LogP contribution in [0.4, 0.5) is 0 Å². The van der Waals surface area contributed by atoms with Crippen molar-refractivity contribution in [3.8, 4) is 0 Å². The predicted molar refractivity (Wildman–Crippen MR) is 52.4 cm³/mol. The van der Waals surface area contributed by atoms with E-state index < -0.39 is 0 Å². The summed E-state index contributed by atoms with van der Waals surface area (Å²) < 4.78 is 14.5. The van der Waals surface area contributed by atoms with Crippen LogP contribution in [-0.4, -0.2) is 20.5 Å². The van der Waals surface area contributed by atoms with Crippen LogP contribution < -0.4 is 0 Å². The summed E-state index contributed by atoms with van der Waals surface area (Å²) in [4.78, 5) is 4.32. The molecule has 0 rings (SSSR count). The van der Waals surface area contributed by atoms with E-state index >= 15 is 0 Å². The van der Waals surface area contributed by atoms with Crippen molar-refractivity contribution < 1.29 is 18.8 Å². The Bertz CT molecular complexity index is 129. The summed E-state index contributed by atoms with van der Waals surface area (Å²) in [6.45, 7) is 6.81. The van der Waals surface area contributed by atoms with Crippen molar-refractivity contribution in [2.75, 3.05) is 20.5 Å². The summed E-state index contributed by atoms with van der Waals surface area (Å²) in [5, 5.41) is 0. The maximum Gasteiger partial charge on any atom is 0.196 e. The second kappa shape index (κ2) is 10.1. The lowest BCUT2D eigenvalue weighted by Gasteiger charge is -2.04. The molecule has 0 amide bonds. The van der Waals surface area contributed by atoms with Crippen LogP contribution in [0.25, 0.3) is 0 Å². The molecule has 0 radical (unpaired) electrons. The maximum atomic E-state index is 5.14. The molecule has 0 spiro atoms. The number of hydrogen-bond donors (Lipinski definition) is 0. The van der Waals surface area contributed by atoms with E-state index in [1.807, 2.05) is 0 Å². The quantitative estimate of drug-likeness (QED) is 0.146. The Balaban J connectivity index is 2.95. The predicted octanol–water partition coefficient (Wildman–Crippen LogP) is 2.42. The Morgan fingerprint density at radius 1 is 1.46 bits per heavy atom. The first-order valence-electron chi connectivity index (χ1n) is 4.12. The Kier molecular flexibility index (Phi) is 10.1. The molecule has 1 unspecified atom stereocenters. The van der Waals surface area contributed by atoms with E-state index in [1.54, 1.807) is 0 Å². The van der Waals surface area contributed by atoms with Gasteiger partial charge in [0.2, 0.25) is 0 Å². The van der Waals surface area contributed by atoms with Crippen LogP contribution >= 0.6 is 9.03 Å². The van der Waals surface area contributed by atoms with Gasteiger partial charge in [-0.3, -0.25) is 0 Å². The van der Waals surface area contributed by atoms with Crippen molar-refractivity contribution in [3.05, 3.63) is 12.2 Å². The Morgan fingerprint density at radius 3 is 2.85 bits per heavy atom. The van der Waals surface area contributed by atoms with Crippen LogP contribution in [0.15, 0.2) is 12.2 Å². The maximum absolute atomic E-state index is 5.14. The molecule has 0 aliphatic rings. The third kappa shape index (κ3) is 9.93. The highest BCUT2D eigenvalue weighted by Crippen LogP contribution is 2.12. The molecule has 5 heteroatoms. The van der Waals surface area contributed by atoms with Gasteiger partial charge in [0, 0.05) is 0 Å². The molecule has 0 fully saturated rings. The van der Waals surface area contributed by atoms with Gasteiger partial charge < -0.3 is 9.26 Å². The molecule has 4 nitrogen and oxygen atoms in total. The zero-order chi connectivity index (χ0) is 9.94. The molecule has 0 aliphatic carbocycles. The molecule has 78 valence electrons. The van der Waals surface area contributed by atoms with Crippen LogP contribution in [0.1, 0.15) is 19.8 Å².